The number of amides is 2. The second-order valence-electron chi connectivity index (χ2n) is 7.76. The van der Waals surface area contributed by atoms with Crippen LogP contribution in [0.5, 0.6) is 0 Å². The summed E-state index contributed by atoms with van der Waals surface area (Å²) >= 11 is 1.88. The van der Waals surface area contributed by atoms with E-state index in [4.69, 9.17) is 0 Å². The molecule has 2 aliphatic heterocycles. The lowest BCUT2D eigenvalue weighted by molar-refractivity contribution is -0.120. The van der Waals surface area contributed by atoms with Crippen LogP contribution in [0.15, 0.2) is 36.7 Å². The van der Waals surface area contributed by atoms with E-state index in [1.807, 2.05) is 41.8 Å². The molecule has 2 aliphatic rings. The van der Waals surface area contributed by atoms with Gasteiger partial charge in [-0.25, -0.2) is 9.97 Å². The number of carbonyl (C=O) groups excluding carboxylic acids is 2. The van der Waals surface area contributed by atoms with Gasteiger partial charge in [0.05, 0.1) is 5.92 Å². The van der Waals surface area contributed by atoms with Gasteiger partial charge >= 0.3 is 0 Å². The average molecular weight is 426 g/mol. The van der Waals surface area contributed by atoms with E-state index < -0.39 is 0 Å². The molecular formula is C22H27N5O2S. The van der Waals surface area contributed by atoms with Crippen molar-refractivity contribution in [1.29, 1.82) is 0 Å². The Labute approximate surface area is 181 Å². The first-order valence-corrected chi connectivity index (χ1v) is 11.6. The van der Waals surface area contributed by atoms with Crippen molar-refractivity contribution in [1.82, 2.24) is 14.9 Å². The molecule has 2 aromatic rings. The molecule has 7 nitrogen and oxygen atoms in total. The lowest BCUT2D eigenvalue weighted by Gasteiger charge is -2.32. The van der Waals surface area contributed by atoms with Crippen LogP contribution in [0, 0.1) is 12.8 Å². The standard InChI is InChI=1S/C22H27N5O2S/c1-16-14-17(21(29)26-10-12-30-13-11-26)5-6-19(16)25-20(28)18-4-2-9-27(15-18)22-23-7-3-8-24-22/h3,5-8,14,18H,2,4,9-13,15H2,1H3,(H,25,28). The molecule has 0 radical (unpaired) electrons. The number of carbonyl (C=O) groups is 2. The molecule has 0 bridgehead atoms. The first-order valence-electron chi connectivity index (χ1n) is 10.4. The number of nitrogens with one attached hydrogen (secondary N) is 1. The monoisotopic (exact) mass is 425 g/mol. The predicted octanol–water partition coefficient (Wildman–Crippen LogP) is 2.83. The third kappa shape index (κ3) is 4.75. The minimum Gasteiger partial charge on any atom is -0.340 e. The maximum absolute atomic E-state index is 12.9. The van der Waals surface area contributed by atoms with Crippen LogP contribution in [0.25, 0.3) is 0 Å². The molecule has 1 aromatic heterocycles. The van der Waals surface area contributed by atoms with Crippen molar-refractivity contribution in [3.8, 4) is 0 Å². The van der Waals surface area contributed by atoms with E-state index in [1.54, 1.807) is 18.5 Å². The van der Waals surface area contributed by atoms with E-state index in [0.29, 0.717) is 18.1 Å². The van der Waals surface area contributed by atoms with Crippen molar-refractivity contribution >= 4 is 35.2 Å². The minimum absolute atomic E-state index is 0.00543. The highest BCUT2D eigenvalue weighted by Gasteiger charge is 2.27. The fourth-order valence-corrected chi connectivity index (χ4v) is 4.85. The summed E-state index contributed by atoms with van der Waals surface area (Å²) in [5.41, 5.74) is 2.35. The van der Waals surface area contributed by atoms with Crippen LogP contribution in [-0.2, 0) is 4.79 Å². The van der Waals surface area contributed by atoms with Crippen LogP contribution in [0.2, 0.25) is 0 Å². The largest absolute Gasteiger partial charge is 0.340 e. The van der Waals surface area contributed by atoms with Gasteiger partial charge in [-0.3, -0.25) is 9.59 Å². The van der Waals surface area contributed by atoms with Crippen LogP contribution in [0.4, 0.5) is 11.6 Å². The number of nitrogens with zero attached hydrogens (tertiary/aromatic N) is 4. The third-order valence-electron chi connectivity index (χ3n) is 5.66. The van der Waals surface area contributed by atoms with E-state index in [-0.39, 0.29) is 17.7 Å². The van der Waals surface area contributed by atoms with E-state index in [9.17, 15) is 9.59 Å². The molecule has 3 heterocycles. The first kappa shape index (κ1) is 20.7. The molecular weight excluding hydrogens is 398 g/mol. The van der Waals surface area contributed by atoms with E-state index >= 15 is 0 Å². The van der Waals surface area contributed by atoms with Crippen molar-refractivity contribution in [2.24, 2.45) is 5.92 Å². The van der Waals surface area contributed by atoms with Crippen molar-refractivity contribution in [2.45, 2.75) is 19.8 Å². The quantitative estimate of drug-likeness (QED) is 0.812. The third-order valence-corrected chi connectivity index (χ3v) is 6.60. The Bertz CT molecular complexity index is 902. The molecule has 30 heavy (non-hydrogen) atoms. The highest BCUT2D eigenvalue weighted by atomic mass is 32.2. The van der Waals surface area contributed by atoms with Crippen molar-refractivity contribution < 1.29 is 9.59 Å². The van der Waals surface area contributed by atoms with Gasteiger partial charge in [0.2, 0.25) is 11.9 Å². The van der Waals surface area contributed by atoms with E-state index in [0.717, 1.165) is 55.2 Å². The minimum atomic E-state index is -0.117. The zero-order valence-corrected chi connectivity index (χ0v) is 18.0. The number of thioether (sulfide) groups is 1. The molecule has 1 aromatic carbocycles. The van der Waals surface area contributed by atoms with Crippen molar-refractivity contribution in [3.05, 3.63) is 47.8 Å². The number of anilines is 2. The smallest absolute Gasteiger partial charge is 0.253 e. The molecule has 158 valence electrons. The molecule has 2 saturated heterocycles. The Balaban J connectivity index is 1.40. The summed E-state index contributed by atoms with van der Waals surface area (Å²) in [6.45, 7) is 5.00. The number of rotatable bonds is 4. The molecule has 8 heteroatoms. The van der Waals surface area contributed by atoms with E-state index in [2.05, 4.69) is 20.2 Å². The normalized spacial score (nSPS) is 19.4. The molecule has 0 spiro atoms. The fourth-order valence-electron chi connectivity index (χ4n) is 3.95. The van der Waals surface area contributed by atoms with Crippen LogP contribution in [0.3, 0.4) is 0 Å². The highest BCUT2D eigenvalue weighted by molar-refractivity contribution is 7.99. The Morgan fingerprint density at radius 2 is 1.90 bits per heavy atom. The zero-order valence-electron chi connectivity index (χ0n) is 17.2. The van der Waals surface area contributed by atoms with Crippen molar-refractivity contribution in [2.75, 3.05) is 47.9 Å². The number of benzene rings is 1. The highest BCUT2D eigenvalue weighted by Crippen LogP contribution is 2.24. The molecule has 0 saturated carbocycles. The van der Waals surface area contributed by atoms with Gasteiger partial charge in [0.25, 0.3) is 5.91 Å². The number of aryl methyl sites for hydroxylation is 1. The summed E-state index contributed by atoms with van der Waals surface area (Å²) in [6, 6.07) is 7.33. The van der Waals surface area contributed by atoms with Gasteiger partial charge in [0.15, 0.2) is 0 Å². The van der Waals surface area contributed by atoms with Gasteiger partial charge in [-0.15, -0.1) is 0 Å². The maximum atomic E-state index is 12.9. The maximum Gasteiger partial charge on any atom is 0.253 e. The van der Waals surface area contributed by atoms with E-state index in [1.165, 1.54) is 0 Å². The average Bonchev–Trinajstić information content (AvgIpc) is 2.81. The zero-order chi connectivity index (χ0) is 20.9. The number of piperidine rings is 1. The first-order chi connectivity index (χ1) is 14.6. The summed E-state index contributed by atoms with van der Waals surface area (Å²) in [5.74, 6) is 2.61. The Hall–Kier alpha value is -2.61. The fraction of sp³-hybridized carbons (Fsp3) is 0.455. The Kier molecular flexibility index (Phi) is 6.52. The summed E-state index contributed by atoms with van der Waals surface area (Å²) in [7, 11) is 0. The van der Waals surface area contributed by atoms with Crippen LogP contribution in [-0.4, -0.2) is 64.4 Å². The van der Waals surface area contributed by atoms with Gasteiger partial charge in [-0.1, -0.05) is 0 Å². The Morgan fingerprint density at radius 1 is 1.13 bits per heavy atom. The lowest BCUT2D eigenvalue weighted by atomic mass is 9.97. The molecule has 0 aliphatic carbocycles. The van der Waals surface area contributed by atoms with Gasteiger partial charge < -0.3 is 15.1 Å². The molecule has 1 atom stereocenters. The SMILES string of the molecule is Cc1cc(C(=O)N2CCSCC2)ccc1NC(=O)C1CCCN(c2ncccn2)C1. The predicted molar refractivity (Wildman–Crippen MR) is 120 cm³/mol. The van der Waals surface area contributed by atoms with Gasteiger partial charge in [-0.05, 0) is 49.6 Å². The number of hydrogen-bond donors (Lipinski definition) is 1. The second kappa shape index (κ2) is 9.47. The van der Waals surface area contributed by atoms with Crippen LogP contribution >= 0.6 is 11.8 Å². The summed E-state index contributed by atoms with van der Waals surface area (Å²) in [6.07, 6.45) is 5.22. The lowest BCUT2D eigenvalue weighted by Crippen LogP contribution is -2.41. The molecule has 2 fully saturated rings. The van der Waals surface area contributed by atoms with Crippen molar-refractivity contribution in [3.63, 3.8) is 0 Å². The summed E-state index contributed by atoms with van der Waals surface area (Å²) < 4.78 is 0. The number of hydrogen-bond acceptors (Lipinski definition) is 6. The van der Waals surface area contributed by atoms with Crippen LogP contribution < -0.4 is 10.2 Å². The molecule has 1 N–H and O–H groups in total. The molecule has 2 amide bonds. The topological polar surface area (TPSA) is 78.4 Å². The van der Waals surface area contributed by atoms with Gasteiger partial charge in [0.1, 0.15) is 0 Å². The number of aromatic nitrogens is 2. The van der Waals surface area contributed by atoms with Gasteiger partial charge in [0, 0.05) is 61.3 Å². The second-order valence-corrected chi connectivity index (χ2v) is 8.98. The summed E-state index contributed by atoms with van der Waals surface area (Å²) in [5, 5.41) is 3.06. The molecule has 4 rings (SSSR count). The summed E-state index contributed by atoms with van der Waals surface area (Å²) in [4.78, 5) is 38.2. The Morgan fingerprint density at radius 3 is 2.63 bits per heavy atom. The van der Waals surface area contributed by atoms with Crippen LogP contribution in [0.1, 0.15) is 28.8 Å². The van der Waals surface area contributed by atoms with Gasteiger partial charge in [-0.2, -0.15) is 11.8 Å². The molecule has 1 unspecified atom stereocenters.